The van der Waals surface area contributed by atoms with E-state index in [-0.39, 0.29) is 6.54 Å². The van der Waals surface area contributed by atoms with Gasteiger partial charge in [0.25, 0.3) is 0 Å². The van der Waals surface area contributed by atoms with Crippen molar-refractivity contribution in [1.82, 2.24) is 4.90 Å². The molecule has 5 heteroatoms. The predicted octanol–water partition coefficient (Wildman–Crippen LogP) is 1.13. The number of hydrogen-bond acceptors (Lipinski definition) is 4. The van der Waals surface area contributed by atoms with Gasteiger partial charge < -0.3 is 14.9 Å². The van der Waals surface area contributed by atoms with E-state index in [9.17, 15) is 15.0 Å². The molecule has 0 bridgehead atoms. The lowest BCUT2D eigenvalue weighted by molar-refractivity contribution is -0.0240. The number of carbonyl (C=O) groups is 1. The molecule has 0 spiro atoms. The summed E-state index contributed by atoms with van der Waals surface area (Å²) in [6.45, 7) is 8.84. The maximum atomic E-state index is 11.9. The Morgan fingerprint density at radius 1 is 1.29 bits per heavy atom. The number of amides is 1. The zero-order valence-electron chi connectivity index (χ0n) is 11.2. The molecule has 5 nitrogen and oxygen atoms in total. The van der Waals surface area contributed by atoms with Crippen LogP contribution < -0.4 is 0 Å². The fourth-order valence-corrected chi connectivity index (χ4v) is 2.01. The second-order valence-electron chi connectivity index (χ2n) is 6.19. The van der Waals surface area contributed by atoms with Crippen LogP contribution in [0.2, 0.25) is 0 Å². The largest absolute Gasteiger partial charge is 0.444 e. The molecule has 2 N–H and O–H groups in total. The predicted molar refractivity (Wildman–Crippen MR) is 63.6 cm³/mol. The molecule has 2 atom stereocenters. The Morgan fingerprint density at radius 3 is 2.24 bits per heavy atom. The lowest BCUT2D eigenvalue weighted by Crippen LogP contribution is -2.49. The number of hydrogen-bond donors (Lipinski definition) is 2. The SMILES string of the molecule is CC(C)(C)OC(=O)N1C[C@H](O)C[C@H]1C(C)(C)O. The van der Waals surface area contributed by atoms with Crippen molar-refractivity contribution in [1.29, 1.82) is 0 Å². The first-order valence-corrected chi connectivity index (χ1v) is 5.91. The van der Waals surface area contributed by atoms with Crippen LogP contribution in [0.15, 0.2) is 0 Å². The monoisotopic (exact) mass is 245 g/mol. The highest BCUT2D eigenvalue weighted by atomic mass is 16.6. The molecule has 0 aromatic rings. The van der Waals surface area contributed by atoms with Crippen LogP contribution in [0.25, 0.3) is 0 Å². The molecule has 1 saturated heterocycles. The topological polar surface area (TPSA) is 70.0 Å². The number of nitrogens with zero attached hydrogens (tertiary/aromatic N) is 1. The minimum Gasteiger partial charge on any atom is -0.444 e. The summed E-state index contributed by atoms with van der Waals surface area (Å²) >= 11 is 0. The molecule has 0 aromatic carbocycles. The van der Waals surface area contributed by atoms with Crippen LogP contribution in [0.3, 0.4) is 0 Å². The second kappa shape index (κ2) is 4.46. The van der Waals surface area contributed by atoms with Crippen molar-refractivity contribution < 1.29 is 19.7 Å². The molecule has 1 aliphatic rings. The van der Waals surface area contributed by atoms with Gasteiger partial charge in [0.15, 0.2) is 0 Å². The number of carbonyl (C=O) groups excluding carboxylic acids is 1. The molecular weight excluding hydrogens is 222 g/mol. The molecule has 1 amide bonds. The van der Waals surface area contributed by atoms with Gasteiger partial charge in [0.05, 0.1) is 24.3 Å². The van der Waals surface area contributed by atoms with Crippen LogP contribution >= 0.6 is 0 Å². The summed E-state index contributed by atoms with van der Waals surface area (Å²) in [5, 5.41) is 19.6. The van der Waals surface area contributed by atoms with E-state index in [1.54, 1.807) is 34.6 Å². The Hall–Kier alpha value is -0.810. The number of likely N-dealkylation sites (tertiary alicyclic amines) is 1. The zero-order chi connectivity index (χ0) is 13.4. The van der Waals surface area contributed by atoms with Crippen LogP contribution in [0.5, 0.6) is 0 Å². The quantitative estimate of drug-likeness (QED) is 0.726. The van der Waals surface area contributed by atoms with Crippen molar-refractivity contribution >= 4 is 6.09 Å². The Kier molecular flexibility index (Phi) is 3.74. The summed E-state index contributed by atoms with van der Waals surface area (Å²) in [5.41, 5.74) is -1.62. The van der Waals surface area contributed by atoms with Gasteiger partial charge in [-0.2, -0.15) is 0 Å². The second-order valence-corrected chi connectivity index (χ2v) is 6.19. The number of ether oxygens (including phenoxy) is 1. The molecular formula is C12H23NO4. The maximum Gasteiger partial charge on any atom is 0.410 e. The molecule has 1 heterocycles. The number of aliphatic hydroxyl groups is 2. The molecule has 0 aliphatic carbocycles. The third-order valence-corrected chi connectivity index (χ3v) is 2.72. The molecule has 1 rings (SSSR count). The highest BCUT2D eigenvalue weighted by molar-refractivity contribution is 5.69. The van der Waals surface area contributed by atoms with Gasteiger partial charge in [0.2, 0.25) is 0 Å². The van der Waals surface area contributed by atoms with E-state index in [1.807, 2.05) is 0 Å². The Bertz CT molecular complexity index is 290. The number of rotatable bonds is 1. The van der Waals surface area contributed by atoms with Crippen LogP contribution in [0.1, 0.15) is 41.0 Å². The maximum absolute atomic E-state index is 11.9. The van der Waals surface area contributed by atoms with Crippen molar-refractivity contribution in [3.63, 3.8) is 0 Å². The summed E-state index contributed by atoms with van der Waals surface area (Å²) in [6, 6.07) is -0.410. The summed E-state index contributed by atoms with van der Waals surface area (Å²) in [7, 11) is 0. The first-order valence-electron chi connectivity index (χ1n) is 5.91. The van der Waals surface area contributed by atoms with E-state index in [1.165, 1.54) is 4.90 Å². The van der Waals surface area contributed by atoms with Gasteiger partial charge in [0, 0.05) is 0 Å². The van der Waals surface area contributed by atoms with E-state index in [2.05, 4.69) is 0 Å². The molecule has 0 aromatic heterocycles. The lowest BCUT2D eigenvalue weighted by Gasteiger charge is -2.34. The van der Waals surface area contributed by atoms with Gasteiger partial charge in [-0.1, -0.05) is 0 Å². The summed E-state index contributed by atoms with van der Waals surface area (Å²) in [5.74, 6) is 0. The van der Waals surface area contributed by atoms with Crippen LogP contribution in [-0.2, 0) is 4.74 Å². The fraction of sp³-hybridized carbons (Fsp3) is 0.917. The van der Waals surface area contributed by atoms with Gasteiger partial charge in [-0.3, -0.25) is 4.90 Å². The fourth-order valence-electron chi connectivity index (χ4n) is 2.01. The van der Waals surface area contributed by atoms with Crippen molar-refractivity contribution in [3.8, 4) is 0 Å². The molecule has 1 aliphatic heterocycles. The van der Waals surface area contributed by atoms with E-state index < -0.39 is 29.4 Å². The van der Waals surface area contributed by atoms with Crippen molar-refractivity contribution in [2.75, 3.05) is 6.54 Å². The highest BCUT2D eigenvalue weighted by Gasteiger charge is 2.43. The standard InChI is InChI=1S/C12H23NO4/c1-11(2,3)17-10(15)13-7-8(14)6-9(13)12(4,5)16/h8-9,14,16H,6-7H2,1-5H3/t8-,9+/m1/s1. The third kappa shape index (κ3) is 3.85. The summed E-state index contributed by atoms with van der Waals surface area (Å²) in [4.78, 5) is 13.4. The first kappa shape index (κ1) is 14.3. The van der Waals surface area contributed by atoms with E-state index in [0.29, 0.717) is 6.42 Å². The third-order valence-electron chi connectivity index (χ3n) is 2.72. The summed E-state index contributed by atoms with van der Waals surface area (Å²) < 4.78 is 5.26. The Labute approximate surface area is 102 Å². The Morgan fingerprint density at radius 2 is 1.82 bits per heavy atom. The average molecular weight is 245 g/mol. The summed E-state index contributed by atoms with van der Waals surface area (Å²) in [6.07, 6.45) is -0.706. The molecule has 1 fully saturated rings. The van der Waals surface area contributed by atoms with Crippen LogP contribution in [-0.4, -0.2) is 51.1 Å². The average Bonchev–Trinajstić information content (AvgIpc) is 2.43. The highest BCUT2D eigenvalue weighted by Crippen LogP contribution is 2.28. The van der Waals surface area contributed by atoms with Crippen molar-refractivity contribution in [2.24, 2.45) is 0 Å². The zero-order valence-corrected chi connectivity index (χ0v) is 11.2. The minimum absolute atomic E-state index is 0.212. The van der Waals surface area contributed by atoms with E-state index in [0.717, 1.165) is 0 Å². The molecule has 0 radical (unpaired) electrons. The van der Waals surface area contributed by atoms with Crippen LogP contribution in [0.4, 0.5) is 4.79 Å². The molecule has 0 saturated carbocycles. The molecule has 17 heavy (non-hydrogen) atoms. The molecule has 100 valence electrons. The van der Waals surface area contributed by atoms with Gasteiger partial charge in [0.1, 0.15) is 5.60 Å². The number of β-amino-alcohol motifs (C(OH)–C–C–N with tert-alkyl or cyclic N) is 1. The van der Waals surface area contributed by atoms with Gasteiger partial charge >= 0.3 is 6.09 Å². The molecule has 0 unspecified atom stereocenters. The van der Waals surface area contributed by atoms with E-state index >= 15 is 0 Å². The lowest BCUT2D eigenvalue weighted by atomic mass is 9.96. The van der Waals surface area contributed by atoms with Gasteiger partial charge in [-0.05, 0) is 41.0 Å². The van der Waals surface area contributed by atoms with Crippen molar-refractivity contribution in [2.45, 2.75) is 64.4 Å². The normalized spacial score (nSPS) is 26.2. The Balaban J connectivity index is 2.78. The number of aliphatic hydroxyl groups excluding tert-OH is 1. The van der Waals surface area contributed by atoms with Gasteiger partial charge in [-0.25, -0.2) is 4.79 Å². The van der Waals surface area contributed by atoms with E-state index in [4.69, 9.17) is 4.74 Å². The van der Waals surface area contributed by atoms with Crippen molar-refractivity contribution in [3.05, 3.63) is 0 Å². The smallest absolute Gasteiger partial charge is 0.410 e. The van der Waals surface area contributed by atoms with Gasteiger partial charge in [-0.15, -0.1) is 0 Å². The van der Waals surface area contributed by atoms with Crippen LogP contribution in [0, 0.1) is 0 Å². The first-order chi connectivity index (χ1) is 7.50. The minimum atomic E-state index is -1.05.